The van der Waals surface area contributed by atoms with Gasteiger partial charge in [0, 0.05) is 6.54 Å². The van der Waals surface area contributed by atoms with Gasteiger partial charge in [0.2, 0.25) is 0 Å². The highest BCUT2D eigenvalue weighted by Gasteiger charge is 2.04. The van der Waals surface area contributed by atoms with E-state index >= 15 is 0 Å². The van der Waals surface area contributed by atoms with Crippen LogP contribution in [0.2, 0.25) is 0 Å². The molecule has 74 valence electrons. The molecule has 0 atom stereocenters. The maximum Gasteiger partial charge on any atom is 0.195 e. The van der Waals surface area contributed by atoms with E-state index in [0.29, 0.717) is 16.5 Å². The van der Waals surface area contributed by atoms with Gasteiger partial charge in [0.1, 0.15) is 6.61 Å². The molecule has 0 fully saturated rings. The van der Waals surface area contributed by atoms with Crippen molar-refractivity contribution < 1.29 is 5.11 Å². The first-order valence-corrected chi connectivity index (χ1v) is 4.81. The summed E-state index contributed by atoms with van der Waals surface area (Å²) in [6.07, 6.45) is 1.04. The van der Waals surface area contributed by atoms with Gasteiger partial charge in [0.15, 0.2) is 10.6 Å². The molecule has 0 aliphatic heterocycles. The van der Waals surface area contributed by atoms with Crippen molar-refractivity contribution in [3.63, 3.8) is 0 Å². The zero-order chi connectivity index (χ0) is 9.84. The van der Waals surface area contributed by atoms with Crippen LogP contribution in [0.15, 0.2) is 0 Å². The molecule has 5 heteroatoms. The number of nitrogens with one attached hydrogen (secondary N) is 1. The van der Waals surface area contributed by atoms with Crippen LogP contribution in [0.3, 0.4) is 0 Å². The predicted molar refractivity (Wildman–Crippen MR) is 52.8 cm³/mol. The van der Waals surface area contributed by atoms with Crippen molar-refractivity contribution >= 4 is 12.2 Å². The Morgan fingerprint density at radius 2 is 2.31 bits per heavy atom. The number of hydrogen-bond donors (Lipinski definition) is 2. The van der Waals surface area contributed by atoms with Gasteiger partial charge in [-0.3, -0.25) is 5.10 Å². The highest BCUT2D eigenvalue weighted by Crippen LogP contribution is 2.05. The summed E-state index contributed by atoms with van der Waals surface area (Å²) in [6.45, 7) is 5.07. The molecule has 13 heavy (non-hydrogen) atoms. The second-order valence-corrected chi connectivity index (χ2v) is 3.82. The molecule has 0 radical (unpaired) electrons. The van der Waals surface area contributed by atoms with Crippen LogP contribution in [0.1, 0.15) is 26.1 Å². The fraction of sp³-hybridized carbons (Fsp3) is 0.750. The molecular weight excluding hydrogens is 186 g/mol. The van der Waals surface area contributed by atoms with E-state index in [-0.39, 0.29) is 6.61 Å². The van der Waals surface area contributed by atoms with Gasteiger partial charge in [-0.1, -0.05) is 13.8 Å². The van der Waals surface area contributed by atoms with Crippen molar-refractivity contribution in [2.75, 3.05) is 0 Å². The van der Waals surface area contributed by atoms with E-state index in [9.17, 15) is 0 Å². The molecular formula is C8H15N3OS. The third kappa shape index (κ3) is 2.63. The third-order valence-corrected chi connectivity index (χ3v) is 2.22. The number of aliphatic hydroxyl groups excluding tert-OH is 1. The van der Waals surface area contributed by atoms with E-state index in [1.807, 2.05) is 4.57 Å². The Bertz CT molecular complexity index is 315. The van der Waals surface area contributed by atoms with Crippen LogP contribution >= 0.6 is 12.2 Å². The van der Waals surface area contributed by atoms with Crippen molar-refractivity contribution in [1.29, 1.82) is 0 Å². The van der Waals surface area contributed by atoms with E-state index in [0.717, 1.165) is 13.0 Å². The summed E-state index contributed by atoms with van der Waals surface area (Å²) in [6, 6.07) is 0. The number of aromatic amines is 1. The maximum absolute atomic E-state index is 8.95. The largest absolute Gasteiger partial charge is 0.388 e. The van der Waals surface area contributed by atoms with Gasteiger partial charge < -0.3 is 9.67 Å². The zero-order valence-electron chi connectivity index (χ0n) is 7.95. The lowest BCUT2D eigenvalue weighted by Gasteiger charge is -2.06. The molecule has 0 aliphatic carbocycles. The monoisotopic (exact) mass is 201 g/mol. The Hall–Kier alpha value is -0.680. The van der Waals surface area contributed by atoms with Gasteiger partial charge >= 0.3 is 0 Å². The number of H-pyrrole nitrogens is 1. The average molecular weight is 201 g/mol. The van der Waals surface area contributed by atoms with Crippen LogP contribution in [0.4, 0.5) is 0 Å². The van der Waals surface area contributed by atoms with Crippen LogP contribution in [0.25, 0.3) is 0 Å². The fourth-order valence-corrected chi connectivity index (χ4v) is 1.33. The van der Waals surface area contributed by atoms with Gasteiger partial charge in [0.05, 0.1) is 0 Å². The van der Waals surface area contributed by atoms with Crippen LogP contribution in [-0.2, 0) is 13.2 Å². The highest BCUT2D eigenvalue weighted by atomic mass is 32.1. The molecule has 1 heterocycles. The van der Waals surface area contributed by atoms with Crippen LogP contribution < -0.4 is 0 Å². The molecule has 0 unspecified atom stereocenters. The molecule has 0 saturated heterocycles. The standard InChI is InChI=1S/C8H15N3OS/c1-6(2)3-4-11-7(5-12)9-10-8(11)13/h6,12H,3-5H2,1-2H3,(H,10,13). The molecule has 0 saturated carbocycles. The van der Waals surface area contributed by atoms with Crippen molar-refractivity contribution in [3.05, 3.63) is 10.6 Å². The summed E-state index contributed by atoms with van der Waals surface area (Å²) in [5.74, 6) is 1.24. The van der Waals surface area contributed by atoms with E-state index in [1.165, 1.54) is 0 Å². The molecule has 0 amide bonds. The predicted octanol–water partition coefficient (Wildman–Crippen LogP) is 1.48. The lowest BCUT2D eigenvalue weighted by Crippen LogP contribution is -2.06. The molecule has 1 rings (SSSR count). The average Bonchev–Trinajstić information content (AvgIpc) is 2.43. The van der Waals surface area contributed by atoms with Gasteiger partial charge in [-0.05, 0) is 24.6 Å². The van der Waals surface area contributed by atoms with Gasteiger partial charge in [-0.2, -0.15) is 5.10 Å². The van der Waals surface area contributed by atoms with Gasteiger partial charge in [-0.15, -0.1) is 0 Å². The summed E-state index contributed by atoms with van der Waals surface area (Å²) in [4.78, 5) is 0. The number of nitrogens with zero attached hydrogens (tertiary/aromatic N) is 2. The second-order valence-electron chi connectivity index (χ2n) is 3.44. The van der Waals surface area contributed by atoms with Crippen LogP contribution in [0.5, 0.6) is 0 Å². The molecule has 1 aromatic heterocycles. The molecule has 1 aromatic rings. The first-order chi connectivity index (χ1) is 6.15. The third-order valence-electron chi connectivity index (χ3n) is 1.91. The molecule has 4 nitrogen and oxygen atoms in total. The van der Waals surface area contributed by atoms with Crippen molar-refractivity contribution in [1.82, 2.24) is 14.8 Å². The first kappa shape index (κ1) is 10.4. The lowest BCUT2D eigenvalue weighted by molar-refractivity contribution is 0.263. The molecule has 0 aliphatic rings. The minimum absolute atomic E-state index is 0.0643. The Labute approximate surface area is 82.6 Å². The normalized spacial score (nSPS) is 11.1. The van der Waals surface area contributed by atoms with Crippen LogP contribution in [0, 0.1) is 10.7 Å². The smallest absolute Gasteiger partial charge is 0.195 e. The number of aliphatic hydroxyl groups is 1. The van der Waals surface area contributed by atoms with Gasteiger partial charge in [-0.25, -0.2) is 0 Å². The van der Waals surface area contributed by atoms with E-state index < -0.39 is 0 Å². The SMILES string of the molecule is CC(C)CCn1c(CO)n[nH]c1=S. The number of rotatable bonds is 4. The Morgan fingerprint density at radius 1 is 1.62 bits per heavy atom. The summed E-state index contributed by atoms with van der Waals surface area (Å²) in [7, 11) is 0. The summed E-state index contributed by atoms with van der Waals surface area (Å²) < 4.78 is 2.43. The molecule has 0 spiro atoms. The fourth-order valence-electron chi connectivity index (χ4n) is 1.09. The van der Waals surface area contributed by atoms with Crippen LogP contribution in [-0.4, -0.2) is 19.9 Å². The minimum atomic E-state index is -0.0643. The zero-order valence-corrected chi connectivity index (χ0v) is 8.77. The van der Waals surface area contributed by atoms with Crippen molar-refractivity contribution in [2.45, 2.75) is 33.4 Å². The topological polar surface area (TPSA) is 53.8 Å². The number of hydrogen-bond acceptors (Lipinski definition) is 3. The van der Waals surface area contributed by atoms with Gasteiger partial charge in [0.25, 0.3) is 0 Å². The summed E-state index contributed by atoms with van der Waals surface area (Å²) in [5.41, 5.74) is 0. The van der Waals surface area contributed by atoms with Crippen molar-refractivity contribution in [3.8, 4) is 0 Å². The summed E-state index contributed by atoms with van der Waals surface area (Å²) >= 11 is 5.02. The Morgan fingerprint density at radius 3 is 2.85 bits per heavy atom. The maximum atomic E-state index is 8.95. The lowest BCUT2D eigenvalue weighted by atomic mass is 10.1. The van der Waals surface area contributed by atoms with Crippen molar-refractivity contribution in [2.24, 2.45) is 5.92 Å². The quantitative estimate of drug-likeness (QED) is 0.725. The number of aromatic nitrogens is 3. The van der Waals surface area contributed by atoms with E-state index in [4.69, 9.17) is 17.3 Å². The van der Waals surface area contributed by atoms with E-state index in [2.05, 4.69) is 24.0 Å². The highest BCUT2D eigenvalue weighted by molar-refractivity contribution is 7.71. The first-order valence-electron chi connectivity index (χ1n) is 4.40. The Balaban J connectivity index is 2.74. The van der Waals surface area contributed by atoms with E-state index in [1.54, 1.807) is 0 Å². The molecule has 0 aromatic carbocycles. The minimum Gasteiger partial charge on any atom is -0.388 e. The molecule has 0 bridgehead atoms. The second kappa shape index (κ2) is 4.53. The molecule has 2 N–H and O–H groups in total. The Kier molecular flexibility index (Phi) is 3.62. The summed E-state index contributed by atoms with van der Waals surface area (Å²) in [5, 5.41) is 15.5.